The summed E-state index contributed by atoms with van der Waals surface area (Å²) in [6, 6.07) is 12.6. The summed E-state index contributed by atoms with van der Waals surface area (Å²) in [7, 11) is 0. The van der Waals surface area contributed by atoms with Gasteiger partial charge in [0.2, 0.25) is 0 Å². The van der Waals surface area contributed by atoms with Gasteiger partial charge in [-0.25, -0.2) is 9.37 Å². The average molecular weight is 340 g/mol. The zero-order chi connectivity index (χ0) is 16.7. The van der Waals surface area contributed by atoms with Crippen molar-refractivity contribution in [2.24, 2.45) is 0 Å². The fourth-order valence-corrected chi connectivity index (χ4v) is 3.98. The molecule has 4 rings (SSSR count). The standard InChI is InChI=1S/C19H17FN2OS/c1-3-10-23-15-8-9-16-17(11-15)24-19-21-18(12(2)22(16)19)13-4-6-14(20)7-5-13/h4-9,11H,3,10H2,1-2H3. The largest absolute Gasteiger partial charge is 0.494 e. The molecule has 0 N–H and O–H groups in total. The van der Waals surface area contributed by atoms with Crippen molar-refractivity contribution in [1.82, 2.24) is 9.38 Å². The van der Waals surface area contributed by atoms with Gasteiger partial charge in [0.05, 0.1) is 22.5 Å². The highest BCUT2D eigenvalue weighted by Gasteiger charge is 2.15. The maximum atomic E-state index is 13.1. The van der Waals surface area contributed by atoms with Crippen LogP contribution in [0.3, 0.4) is 0 Å². The molecular formula is C19H17FN2OS. The first-order valence-electron chi connectivity index (χ1n) is 7.97. The average Bonchev–Trinajstić information content (AvgIpc) is 3.10. The number of fused-ring (bicyclic) bond motifs is 3. The van der Waals surface area contributed by atoms with Gasteiger partial charge in [0.15, 0.2) is 4.96 Å². The Balaban J connectivity index is 1.83. The van der Waals surface area contributed by atoms with Crippen molar-refractivity contribution in [3.8, 4) is 17.0 Å². The van der Waals surface area contributed by atoms with Crippen LogP contribution < -0.4 is 4.74 Å². The second-order valence-electron chi connectivity index (χ2n) is 5.75. The Morgan fingerprint density at radius 1 is 1.17 bits per heavy atom. The normalized spacial score (nSPS) is 11.5. The minimum absolute atomic E-state index is 0.234. The maximum absolute atomic E-state index is 13.1. The van der Waals surface area contributed by atoms with Gasteiger partial charge in [-0.05, 0) is 55.8 Å². The Morgan fingerprint density at radius 2 is 1.96 bits per heavy atom. The summed E-state index contributed by atoms with van der Waals surface area (Å²) in [6.07, 6.45) is 0.992. The number of hydrogen-bond acceptors (Lipinski definition) is 3. The first-order chi connectivity index (χ1) is 11.7. The lowest BCUT2D eigenvalue weighted by atomic mass is 10.1. The summed E-state index contributed by atoms with van der Waals surface area (Å²) < 4.78 is 22.2. The number of ether oxygens (including phenoxy) is 1. The summed E-state index contributed by atoms with van der Waals surface area (Å²) >= 11 is 1.64. The van der Waals surface area contributed by atoms with Gasteiger partial charge < -0.3 is 4.74 Å². The Labute approximate surface area is 143 Å². The van der Waals surface area contributed by atoms with Gasteiger partial charge in [-0.15, -0.1) is 0 Å². The minimum Gasteiger partial charge on any atom is -0.494 e. The molecule has 122 valence electrons. The Bertz CT molecular complexity index is 1020. The summed E-state index contributed by atoms with van der Waals surface area (Å²) in [5.74, 6) is 0.660. The third-order valence-corrected chi connectivity index (χ3v) is 5.04. The van der Waals surface area contributed by atoms with E-state index in [1.54, 1.807) is 23.5 Å². The van der Waals surface area contributed by atoms with E-state index in [0.717, 1.165) is 50.9 Å². The number of thiazole rings is 1. The van der Waals surface area contributed by atoms with Crippen molar-refractivity contribution in [3.05, 3.63) is 54.0 Å². The maximum Gasteiger partial charge on any atom is 0.195 e. The molecule has 24 heavy (non-hydrogen) atoms. The zero-order valence-electron chi connectivity index (χ0n) is 13.5. The van der Waals surface area contributed by atoms with Crippen LogP contribution in [0.2, 0.25) is 0 Å². The van der Waals surface area contributed by atoms with Gasteiger partial charge in [0.1, 0.15) is 11.6 Å². The van der Waals surface area contributed by atoms with E-state index in [9.17, 15) is 4.39 Å². The Morgan fingerprint density at radius 3 is 2.71 bits per heavy atom. The van der Waals surface area contributed by atoms with E-state index in [1.165, 1.54) is 12.1 Å². The van der Waals surface area contributed by atoms with Crippen molar-refractivity contribution in [2.45, 2.75) is 20.3 Å². The summed E-state index contributed by atoms with van der Waals surface area (Å²) in [5, 5.41) is 0. The molecule has 0 saturated heterocycles. The van der Waals surface area contributed by atoms with Crippen LogP contribution in [0.25, 0.3) is 26.4 Å². The molecule has 0 spiro atoms. The molecule has 0 bridgehead atoms. The lowest BCUT2D eigenvalue weighted by Gasteiger charge is -2.04. The number of nitrogens with zero attached hydrogens (tertiary/aromatic N) is 2. The van der Waals surface area contributed by atoms with Gasteiger partial charge >= 0.3 is 0 Å². The van der Waals surface area contributed by atoms with Crippen molar-refractivity contribution < 1.29 is 9.13 Å². The summed E-state index contributed by atoms with van der Waals surface area (Å²) in [5.41, 5.74) is 4.01. The molecular weight excluding hydrogens is 323 g/mol. The van der Waals surface area contributed by atoms with Crippen LogP contribution in [0, 0.1) is 12.7 Å². The fourth-order valence-electron chi connectivity index (χ4n) is 2.88. The Kier molecular flexibility index (Phi) is 3.73. The molecule has 2 aromatic heterocycles. The SMILES string of the molecule is CCCOc1ccc2c(c1)sc1nc(-c3ccc(F)cc3)c(C)n12. The van der Waals surface area contributed by atoms with Crippen LogP contribution in [0.15, 0.2) is 42.5 Å². The van der Waals surface area contributed by atoms with Crippen LogP contribution >= 0.6 is 11.3 Å². The molecule has 0 unspecified atom stereocenters. The fraction of sp³-hybridized carbons (Fsp3) is 0.211. The molecule has 2 aromatic carbocycles. The topological polar surface area (TPSA) is 26.5 Å². The monoisotopic (exact) mass is 340 g/mol. The highest BCUT2D eigenvalue weighted by molar-refractivity contribution is 7.23. The van der Waals surface area contributed by atoms with Gasteiger partial charge in [0, 0.05) is 11.3 Å². The van der Waals surface area contributed by atoms with Gasteiger partial charge in [0.25, 0.3) is 0 Å². The van der Waals surface area contributed by atoms with Crippen LogP contribution in [0.4, 0.5) is 4.39 Å². The molecule has 0 radical (unpaired) electrons. The number of aryl methyl sites for hydroxylation is 1. The predicted octanol–water partition coefficient (Wildman–Crippen LogP) is 5.45. The molecule has 0 aliphatic heterocycles. The van der Waals surface area contributed by atoms with Gasteiger partial charge in [-0.1, -0.05) is 18.3 Å². The minimum atomic E-state index is -0.234. The number of hydrogen-bond donors (Lipinski definition) is 0. The highest BCUT2D eigenvalue weighted by Crippen LogP contribution is 2.34. The van der Waals surface area contributed by atoms with E-state index in [4.69, 9.17) is 9.72 Å². The quantitative estimate of drug-likeness (QED) is 0.494. The number of halogens is 1. The molecule has 0 fully saturated rings. The molecule has 4 aromatic rings. The van der Waals surface area contributed by atoms with E-state index >= 15 is 0 Å². The first-order valence-corrected chi connectivity index (χ1v) is 8.79. The third-order valence-electron chi connectivity index (χ3n) is 4.04. The second kappa shape index (κ2) is 5.91. The smallest absolute Gasteiger partial charge is 0.195 e. The van der Waals surface area contributed by atoms with Crippen molar-refractivity contribution in [3.63, 3.8) is 0 Å². The number of benzene rings is 2. The molecule has 0 amide bonds. The zero-order valence-corrected chi connectivity index (χ0v) is 14.4. The van der Waals surface area contributed by atoms with E-state index < -0.39 is 0 Å². The van der Waals surface area contributed by atoms with Crippen LogP contribution in [0.1, 0.15) is 19.0 Å². The molecule has 5 heteroatoms. The van der Waals surface area contributed by atoms with Crippen LogP contribution in [-0.4, -0.2) is 16.0 Å². The van der Waals surface area contributed by atoms with Crippen LogP contribution in [0.5, 0.6) is 5.75 Å². The van der Waals surface area contributed by atoms with E-state index in [1.807, 2.05) is 13.0 Å². The number of imidazole rings is 1. The van der Waals surface area contributed by atoms with Crippen molar-refractivity contribution >= 4 is 26.5 Å². The van der Waals surface area contributed by atoms with E-state index in [2.05, 4.69) is 23.5 Å². The van der Waals surface area contributed by atoms with Crippen LogP contribution in [-0.2, 0) is 0 Å². The Hall–Kier alpha value is -2.40. The molecule has 2 heterocycles. The number of rotatable bonds is 4. The number of aromatic nitrogens is 2. The predicted molar refractivity (Wildman–Crippen MR) is 96.5 cm³/mol. The highest BCUT2D eigenvalue weighted by atomic mass is 32.1. The van der Waals surface area contributed by atoms with Crippen molar-refractivity contribution in [2.75, 3.05) is 6.61 Å². The summed E-state index contributed by atoms with van der Waals surface area (Å²) in [4.78, 5) is 5.70. The van der Waals surface area contributed by atoms with Crippen molar-refractivity contribution in [1.29, 1.82) is 0 Å². The lowest BCUT2D eigenvalue weighted by Crippen LogP contribution is -1.94. The van der Waals surface area contributed by atoms with E-state index in [-0.39, 0.29) is 5.82 Å². The van der Waals surface area contributed by atoms with E-state index in [0.29, 0.717) is 0 Å². The lowest BCUT2D eigenvalue weighted by molar-refractivity contribution is 0.318. The molecule has 0 atom stereocenters. The van der Waals surface area contributed by atoms with Gasteiger partial charge in [-0.2, -0.15) is 0 Å². The molecule has 0 saturated carbocycles. The first kappa shape index (κ1) is 15.1. The molecule has 0 aliphatic carbocycles. The third kappa shape index (κ3) is 2.45. The summed E-state index contributed by atoms with van der Waals surface area (Å²) in [6.45, 7) is 4.87. The molecule has 3 nitrogen and oxygen atoms in total. The van der Waals surface area contributed by atoms with Gasteiger partial charge in [-0.3, -0.25) is 4.40 Å². The molecule has 0 aliphatic rings. The second-order valence-corrected chi connectivity index (χ2v) is 6.76.